The van der Waals surface area contributed by atoms with Gasteiger partial charge in [0.25, 0.3) is 0 Å². The summed E-state index contributed by atoms with van der Waals surface area (Å²) in [7, 11) is -4.32. The fourth-order valence-corrected chi connectivity index (χ4v) is 7.30. The first-order valence-electron chi connectivity index (χ1n) is 22.1. The van der Waals surface area contributed by atoms with Gasteiger partial charge in [-0.2, -0.15) is 0 Å². The number of carbonyl (C=O) groups is 1. The van der Waals surface area contributed by atoms with E-state index in [1.807, 2.05) is 30.3 Å². The minimum Gasteiger partial charge on any atom is -0.379 e. The van der Waals surface area contributed by atoms with E-state index in [9.17, 15) is 14.3 Å². The summed E-state index contributed by atoms with van der Waals surface area (Å²) in [6.45, 7) is 5.66. The molecule has 9 heteroatoms. The monoisotopic (exact) mass is 768 g/mol. The highest BCUT2D eigenvalue weighted by Crippen LogP contribution is 2.43. The summed E-state index contributed by atoms with van der Waals surface area (Å²) in [6, 6.07) is 9.18. The predicted octanol–water partition coefficient (Wildman–Crippen LogP) is 12.8. The van der Waals surface area contributed by atoms with Gasteiger partial charge in [-0.25, -0.2) is 4.57 Å². The SMILES string of the molecule is CCCCCCCCCCCCCCCCOC[C@H](COP(=O)(O)OCCOCc1ccccc1)NC(=O)CCCCCCCCCCCCCCC. The molecule has 0 aromatic heterocycles. The molecule has 1 amide bonds. The molecule has 8 nitrogen and oxygen atoms in total. The van der Waals surface area contributed by atoms with Gasteiger partial charge in [0.1, 0.15) is 0 Å². The smallest absolute Gasteiger partial charge is 0.379 e. The molecule has 0 spiro atoms. The fraction of sp³-hybridized carbons (Fsp3) is 0.841. The van der Waals surface area contributed by atoms with Gasteiger partial charge in [0.05, 0.1) is 39.1 Å². The molecule has 0 saturated carbocycles. The van der Waals surface area contributed by atoms with Crippen molar-refractivity contribution in [2.24, 2.45) is 0 Å². The van der Waals surface area contributed by atoms with Crippen LogP contribution >= 0.6 is 7.82 Å². The minimum absolute atomic E-state index is 0.0771. The normalized spacial score (nSPS) is 13.3. The topological polar surface area (TPSA) is 103 Å². The van der Waals surface area contributed by atoms with Crippen LogP contribution in [0.2, 0.25) is 0 Å². The first-order valence-corrected chi connectivity index (χ1v) is 23.6. The van der Waals surface area contributed by atoms with Crippen LogP contribution in [0.25, 0.3) is 0 Å². The lowest BCUT2D eigenvalue weighted by atomic mass is 10.0. The Morgan fingerprint density at radius 3 is 1.51 bits per heavy atom. The van der Waals surface area contributed by atoms with Crippen LogP contribution in [-0.4, -0.2) is 49.9 Å². The average molecular weight is 768 g/mol. The Kier molecular flexibility index (Phi) is 35.3. The lowest BCUT2D eigenvalue weighted by Gasteiger charge is -2.21. The van der Waals surface area contributed by atoms with E-state index in [2.05, 4.69) is 19.2 Å². The lowest BCUT2D eigenvalue weighted by molar-refractivity contribution is -0.122. The number of rotatable bonds is 41. The summed E-state index contributed by atoms with van der Waals surface area (Å²) < 4.78 is 34.5. The molecule has 310 valence electrons. The van der Waals surface area contributed by atoms with Gasteiger partial charge in [-0.1, -0.05) is 205 Å². The second kappa shape index (κ2) is 37.6. The summed E-state index contributed by atoms with van der Waals surface area (Å²) in [4.78, 5) is 23.1. The maximum Gasteiger partial charge on any atom is 0.472 e. The van der Waals surface area contributed by atoms with Gasteiger partial charge >= 0.3 is 7.82 Å². The van der Waals surface area contributed by atoms with E-state index in [1.54, 1.807) is 0 Å². The summed E-state index contributed by atoms with van der Waals surface area (Å²) >= 11 is 0. The van der Waals surface area contributed by atoms with Crippen LogP contribution < -0.4 is 5.32 Å². The van der Waals surface area contributed by atoms with E-state index in [0.717, 1.165) is 37.7 Å². The van der Waals surface area contributed by atoms with E-state index < -0.39 is 13.9 Å². The van der Waals surface area contributed by atoms with Gasteiger partial charge in [0.2, 0.25) is 5.91 Å². The molecule has 0 aliphatic rings. The summed E-state index contributed by atoms with van der Waals surface area (Å²) in [5, 5.41) is 2.98. The molecule has 1 rings (SSSR count). The quantitative estimate of drug-likeness (QED) is 0.0505. The van der Waals surface area contributed by atoms with Crippen LogP contribution in [0.3, 0.4) is 0 Å². The molecule has 0 heterocycles. The highest BCUT2D eigenvalue weighted by Gasteiger charge is 2.24. The summed E-state index contributed by atoms with van der Waals surface area (Å²) in [6.07, 6.45) is 35.0. The number of carbonyl (C=O) groups excluding carboxylic acids is 1. The molecule has 1 aromatic rings. The van der Waals surface area contributed by atoms with Crippen molar-refractivity contribution < 1.29 is 32.8 Å². The lowest BCUT2D eigenvalue weighted by Crippen LogP contribution is -2.41. The van der Waals surface area contributed by atoms with Gasteiger partial charge < -0.3 is 19.7 Å². The van der Waals surface area contributed by atoms with Crippen LogP contribution in [0.15, 0.2) is 30.3 Å². The molecule has 0 aliphatic heterocycles. The van der Waals surface area contributed by atoms with Gasteiger partial charge in [-0.3, -0.25) is 13.8 Å². The Morgan fingerprint density at radius 1 is 0.566 bits per heavy atom. The third kappa shape index (κ3) is 34.9. The van der Waals surface area contributed by atoms with Crippen LogP contribution in [0.1, 0.15) is 199 Å². The van der Waals surface area contributed by atoms with Crippen molar-refractivity contribution in [3.8, 4) is 0 Å². The zero-order valence-corrected chi connectivity index (χ0v) is 35.2. The second-order valence-electron chi connectivity index (χ2n) is 15.1. The largest absolute Gasteiger partial charge is 0.472 e. The van der Waals surface area contributed by atoms with E-state index in [4.69, 9.17) is 18.5 Å². The summed E-state index contributed by atoms with van der Waals surface area (Å²) in [5.74, 6) is -0.0789. The number of hydrogen-bond donors (Lipinski definition) is 2. The van der Waals surface area contributed by atoms with Crippen LogP contribution in [-0.2, 0) is 34.5 Å². The molecule has 0 saturated heterocycles. The van der Waals surface area contributed by atoms with E-state index in [1.165, 1.54) is 141 Å². The molecule has 2 N–H and O–H groups in total. The van der Waals surface area contributed by atoms with Gasteiger partial charge in [0, 0.05) is 13.0 Å². The number of amides is 1. The first-order chi connectivity index (χ1) is 26.0. The molecule has 1 unspecified atom stereocenters. The van der Waals surface area contributed by atoms with Crippen molar-refractivity contribution in [3.63, 3.8) is 0 Å². The standard InChI is InChI=1S/C44H82NO7P/c1-3-5-7-9-11-13-15-17-19-21-23-25-27-32-36-49-40-43(41-52-53(47,48)51-38-37-50-39-42-33-29-28-30-34-42)45-44(46)35-31-26-24-22-20-18-16-14-12-10-8-6-4-2/h28-30,33-34,43H,3-27,31-32,35-41H2,1-2H3,(H,45,46)(H,47,48)/t43-/m1/s1. The van der Waals surface area contributed by atoms with E-state index in [0.29, 0.717) is 19.6 Å². The number of benzene rings is 1. The predicted molar refractivity (Wildman–Crippen MR) is 221 cm³/mol. The van der Waals surface area contributed by atoms with E-state index >= 15 is 0 Å². The zero-order valence-electron chi connectivity index (χ0n) is 34.3. The maximum atomic E-state index is 12.8. The number of phosphoric ester groups is 1. The minimum atomic E-state index is -4.32. The van der Waals surface area contributed by atoms with E-state index in [-0.39, 0.29) is 32.3 Å². The molecule has 0 aliphatic carbocycles. The van der Waals surface area contributed by atoms with Crippen LogP contribution in [0.4, 0.5) is 0 Å². The van der Waals surface area contributed by atoms with Crippen molar-refractivity contribution >= 4 is 13.7 Å². The van der Waals surface area contributed by atoms with Crippen molar-refractivity contribution in [1.29, 1.82) is 0 Å². The molecule has 0 fully saturated rings. The number of unbranched alkanes of at least 4 members (excludes halogenated alkanes) is 25. The Balaban J connectivity index is 2.27. The molecule has 2 atom stereocenters. The Hall–Kier alpha value is -1.28. The van der Waals surface area contributed by atoms with Gasteiger partial charge in [0.15, 0.2) is 0 Å². The van der Waals surface area contributed by atoms with Crippen molar-refractivity contribution in [3.05, 3.63) is 35.9 Å². The van der Waals surface area contributed by atoms with Crippen molar-refractivity contribution in [2.45, 2.75) is 206 Å². The molecular weight excluding hydrogens is 685 g/mol. The highest BCUT2D eigenvalue weighted by atomic mass is 31.2. The maximum absolute atomic E-state index is 12.8. The molecule has 0 radical (unpaired) electrons. The van der Waals surface area contributed by atoms with Gasteiger partial charge in [-0.15, -0.1) is 0 Å². The second-order valence-corrected chi connectivity index (χ2v) is 16.5. The molecular formula is C44H82NO7P. The zero-order chi connectivity index (χ0) is 38.3. The third-order valence-corrected chi connectivity index (χ3v) is 10.9. The molecule has 1 aromatic carbocycles. The van der Waals surface area contributed by atoms with Crippen LogP contribution in [0, 0.1) is 0 Å². The third-order valence-electron chi connectivity index (χ3n) is 9.87. The van der Waals surface area contributed by atoms with Gasteiger partial charge in [-0.05, 0) is 18.4 Å². The highest BCUT2D eigenvalue weighted by molar-refractivity contribution is 7.47. The van der Waals surface area contributed by atoms with Crippen molar-refractivity contribution in [2.75, 3.05) is 33.0 Å². The molecule has 53 heavy (non-hydrogen) atoms. The Labute approximate surface area is 326 Å². The van der Waals surface area contributed by atoms with Crippen molar-refractivity contribution in [1.82, 2.24) is 5.32 Å². The summed E-state index contributed by atoms with van der Waals surface area (Å²) in [5.41, 5.74) is 1.02. The number of nitrogens with one attached hydrogen (secondary N) is 1. The molecule has 0 bridgehead atoms. The average Bonchev–Trinajstić information content (AvgIpc) is 3.15. The van der Waals surface area contributed by atoms with Crippen LogP contribution in [0.5, 0.6) is 0 Å². The first kappa shape index (κ1) is 49.7. The fourth-order valence-electron chi connectivity index (χ4n) is 6.56. The number of ether oxygens (including phenoxy) is 2. The number of phosphoric acid groups is 1. The Morgan fingerprint density at radius 2 is 1.02 bits per heavy atom. The Bertz CT molecular complexity index is 966. The number of hydrogen-bond acceptors (Lipinski definition) is 6.